The number of aromatic nitrogens is 1. The van der Waals surface area contributed by atoms with Gasteiger partial charge in [-0.2, -0.15) is 0 Å². The second-order valence-corrected chi connectivity index (χ2v) is 6.12. The lowest BCUT2D eigenvalue weighted by Crippen LogP contribution is -2.35. The lowest BCUT2D eigenvalue weighted by molar-refractivity contribution is 0.0745. The predicted octanol–water partition coefficient (Wildman–Crippen LogP) is 1.35. The van der Waals surface area contributed by atoms with Crippen molar-refractivity contribution in [1.29, 1.82) is 0 Å². The fraction of sp³-hybridized carbons (Fsp3) is 0.412. The molecule has 5 heteroatoms. The first-order valence-electron chi connectivity index (χ1n) is 7.62. The number of hydrogen-bond donors (Lipinski definition) is 1. The number of nitrogens with two attached hydrogens (primary N) is 1. The molecule has 2 N–H and O–H groups in total. The van der Waals surface area contributed by atoms with Gasteiger partial charge in [0.25, 0.3) is 11.5 Å². The van der Waals surface area contributed by atoms with E-state index in [4.69, 9.17) is 5.73 Å². The molecule has 0 bridgehead atoms. The van der Waals surface area contributed by atoms with Crippen LogP contribution in [0.25, 0.3) is 10.9 Å². The van der Waals surface area contributed by atoms with Crippen molar-refractivity contribution in [2.24, 2.45) is 18.7 Å². The number of rotatable bonds is 2. The SMILES string of the molecule is CC1CC(CN)CN1C(=O)c1cc(=O)n(C)c2ccccc12. The number of aryl methyl sites for hydroxylation is 1. The first-order chi connectivity index (χ1) is 10.5. The minimum absolute atomic E-state index is 0.0719. The molecule has 0 aliphatic carbocycles. The molecule has 3 rings (SSSR count). The number of fused-ring (bicyclic) bond motifs is 1. The van der Waals surface area contributed by atoms with E-state index in [0.29, 0.717) is 24.6 Å². The molecule has 116 valence electrons. The number of carbonyl (C=O) groups excluding carboxylic acids is 1. The number of pyridine rings is 1. The van der Waals surface area contributed by atoms with Crippen molar-refractivity contribution in [2.75, 3.05) is 13.1 Å². The Bertz CT molecular complexity index is 781. The van der Waals surface area contributed by atoms with Crippen molar-refractivity contribution < 1.29 is 4.79 Å². The van der Waals surface area contributed by atoms with Crippen molar-refractivity contribution >= 4 is 16.8 Å². The molecule has 22 heavy (non-hydrogen) atoms. The van der Waals surface area contributed by atoms with Gasteiger partial charge < -0.3 is 15.2 Å². The van der Waals surface area contributed by atoms with Gasteiger partial charge in [-0.1, -0.05) is 18.2 Å². The minimum Gasteiger partial charge on any atom is -0.336 e. The van der Waals surface area contributed by atoms with Crippen LogP contribution in [0, 0.1) is 5.92 Å². The van der Waals surface area contributed by atoms with Gasteiger partial charge in [0.2, 0.25) is 0 Å². The van der Waals surface area contributed by atoms with E-state index in [0.717, 1.165) is 17.3 Å². The lowest BCUT2D eigenvalue weighted by Gasteiger charge is -2.22. The molecule has 2 unspecified atom stereocenters. The number of likely N-dealkylation sites (tertiary alicyclic amines) is 1. The molecule has 0 spiro atoms. The van der Waals surface area contributed by atoms with Gasteiger partial charge in [-0.05, 0) is 31.9 Å². The maximum Gasteiger partial charge on any atom is 0.254 e. The summed E-state index contributed by atoms with van der Waals surface area (Å²) >= 11 is 0. The summed E-state index contributed by atoms with van der Waals surface area (Å²) in [5.74, 6) is 0.272. The molecule has 1 aromatic carbocycles. The van der Waals surface area contributed by atoms with E-state index in [-0.39, 0.29) is 17.5 Å². The summed E-state index contributed by atoms with van der Waals surface area (Å²) in [6, 6.07) is 9.13. The number of para-hydroxylation sites is 1. The van der Waals surface area contributed by atoms with Gasteiger partial charge in [-0.15, -0.1) is 0 Å². The molecular formula is C17H21N3O2. The first kappa shape index (κ1) is 14.8. The Morgan fingerprint density at radius 3 is 2.77 bits per heavy atom. The van der Waals surface area contributed by atoms with Crippen molar-refractivity contribution in [3.63, 3.8) is 0 Å². The van der Waals surface area contributed by atoms with Crippen molar-refractivity contribution in [3.05, 3.63) is 46.2 Å². The molecule has 5 nitrogen and oxygen atoms in total. The van der Waals surface area contributed by atoms with Crippen molar-refractivity contribution in [3.8, 4) is 0 Å². The third kappa shape index (κ3) is 2.31. The van der Waals surface area contributed by atoms with Crippen molar-refractivity contribution in [1.82, 2.24) is 9.47 Å². The minimum atomic E-state index is -0.163. The zero-order chi connectivity index (χ0) is 15.9. The number of carbonyl (C=O) groups is 1. The summed E-state index contributed by atoms with van der Waals surface area (Å²) in [5, 5.41) is 0.818. The van der Waals surface area contributed by atoms with Crippen molar-refractivity contribution in [2.45, 2.75) is 19.4 Å². The predicted molar refractivity (Wildman–Crippen MR) is 86.8 cm³/mol. The fourth-order valence-corrected chi connectivity index (χ4v) is 3.34. The third-order valence-electron chi connectivity index (χ3n) is 4.64. The molecular weight excluding hydrogens is 278 g/mol. The normalized spacial score (nSPS) is 21.5. The zero-order valence-corrected chi connectivity index (χ0v) is 13.0. The van der Waals surface area contributed by atoms with E-state index in [1.165, 1.54) is 6.07 Å². The van der Waals surface area contributed by atoms with E-state index < -0.39 is 0 Å². The second kappa shape index (κ2) is 5.57. The van der Waals surface area contributed by atoms with Gasteiger partial charge in [0, 0.05) is 31.1 Å². The molecule has 2 atom stereocenters. The van der Waals surface area contributed by atoms with Crippen LogP contribution in [0.1, 0.15) is 23.7 Å². The highest BCUT2D eigenvalue weighted by Gasteiger charge is 2.32. The molecule has 1 aliphatic heterocycles. The molecule has 1 fully saturated rings. The maximum atomic E-state index is 12.9. The Morgan fingerprint density at radius 1 is 1.36 bits per heavy atom. The summed E-state index contributed by atoms with van der Waals surface area (Å²) in [7, 11) is 1.72. The van der Waals surface area contributed by atoms with Crippen LogP contribution in [0.3, 0.4) is 0 Å². The quantitative estimate of drug-likeness (QED) is 0.910. The molecule has 2 aromatic rings. The van der Waals surface area contributed by atoms with Crippen LogP contribution in [0.15, 0.2) is 35.1 Å². The highest BCUT2D eigenvalue weighted by molar-refractivity contribution is 6.06. The maximum absolute atomic E-state index is 12.9. The highest BCUT2D eigenvalue weighted by Crippen LogP contribution is 2.26. The zero-order valence-electron chi connectivity index (χ0n) is 13.0. The third-order valence-corrected chi connectivity index (χ3v) is 4.64. The van der Waals surface area contributed by atoms with Gasteiger partial charge in [0.1, 0.15) is 0 Å². The van der Waals surface area contributed by atoms with Crippen LogP contribution in [0.4, 0.5) is 0 Å². The summed E-state index contributed by atoms with van der Waals surface area (Å²) in [6.45, 7) is 3.29. The number of hydrogen-bond acceptors (Lipinski definition) is 3. The van der Waals surface area contributed by atoms with E-state index in [2.05, 4.69) is 0 Å². The second-order valence-electron chi connectivity index (χ2n) is 6.12. The monoisotopic (exact) mass is 299 g/mol. The Hall–Kier alpha value is -2.14. The van der Waals surface area contributed by atoms with Crippen LogP contribution < -0.4 is 11.3 Å². The fourth-order valence-electron chi connectivity index (χ4n) is 3.34. The largest absolute Gasteiger partial charge is 0.336 e. The van der Waals surface area contributed by atoms with E-state index in [1.807, 2.05) is 36.1 Å². The van der Waals surface area contributed by atoms with Gasteiger partial charge >= 0.3 is 0 Å². The molecule has 0 radical (unpaired) electrons. The Kier molecular flexibility index (Phi) is 3.74. The van der Waals surface area contributed by atoms with Gasteiger partial charge in [0.15, 0.2) is 0 Å². The average Bonchev–Trinajstić information content (AvgIpc) is 2.91. The van der Waals surface area contributed by atoms with E-state index in [1.54, 1.807) is 11.6 Å². The standard InChI is InChI=1S/C17H21N3O2/c1-11-7-12(9-18)10-20(11)17(22)14-8-16(21)19(2)15-6-4-3-5-13(14)15/h3-6,8,11-12H,7,9-10,18H2,1-2H3. The topological polar surface area (TPSA) is 68.3 Å². The first-order valence-corrected chi connectivity index (χ1v) is 7.62. The highest BCUT2D eigenvalue weighted by atomic mass is 16.2. The van der Waals surface area contributed by atoms with Gasteiger partial charge in [0.05, 0.1) is 11.1 Å². The summed E-state index contributed by atoms with van der Waals surface area (Å²) in [6.07, 6.45) is 0.922. The summed E-state index contributed by atoms with van der Waals surface area (Å²) in [4.78, 5) is 26.9. The number of nitrogens with zero attached hydrogens (tertiary/aromatic N) is 2. The summed E-state index contributed by atoms with van der Waals surface area (Å²) in [5.41, 5.74) is 6.84. The molecule has 1 saturated heterocycles. The summed E-state index contributed by atoms with van der Waals surface area (Å²) < 4.78 is 1.57. The smallest absolute Gasteiger partial charge is 0.254 e. The Labute approximate surface area is 129 Å². The molecule has 1 aromatic heterocycles. The molecule has 1 amide bonds. The average molecular weight is 299 g/mol. The molecule has 0 saturated carbocycles. The number of amides is 1. The molecule has 2 heterocycles. The van der Waals surface area contributed by atoms with Gasteiger partial charge in [-0.3, -0.25) is 9.59 Å². The van der Waals surface area contributed by atoms with Gasteiger partial charge in [-0.25, -0.2) is 0 Å². The Balaban J connectivity index is 2.09. The van der Waals surface area contributed by atoms with E-state index in [9.17, 15) is 9.59 Å². The Morgan fingerprint density at radius 2 is 2.09 bits per heavy atom. The number of benzene rings is 1. The van der Waals surface area contributed by atoms with Crippen LogP contribution in [0.2, 0.25) is 0 Å². The van der Waals surface area contributed by atoms with Crippen LogP contribution in [-0.2, 0) is 7.05 Å². The molecule has 1 aliphatic rings. The lowest BCUT2D eigenvalue weighted by atomic mass is 10.1. The van der Waals surface area contributed by atoms with Crippen LogP contribution >= 0.6 is 0 Å². The van der Waals surface area contributed by atoms with E-state index >= 15 is 0 Å². The van der Waals surface area contributed by atoms with Crippen LogP contribution in [-0.4, -0.2) is 34.5 Å². The van der Waals surface area contributed by atoms with Crippen LogP contribution in [0.5, 0.6) is 0 Å².